The van der Waals surface area contributed by atoms with E-state index >= 15 is 0 Å². The van der Waals surface area contributed by atoms with E-state index in [1.165, 1.54) is 0 Å². The highest BCUT2D eigenvalue weighted by atomic mass is 16.4. The molecule has 5 rings (SSSR count). The highest BCUT2D eigenvalue weighted by Crippen LogP contribution is 2.18. The SMILES string of the molecule is O=C(c1cc2ccccc2oc1=O)N1CCN(c2nnnn2-c2ccccc2)CC1. The van der Waals surface area contributed by atoms with Gasteiger partial charge in [-0.2, -0.15) is 4.68 Å². The minimum absolute atomic E-state index is 0.0521. The van der Waals surface area contributed by atoms with Gasteiger partial charge in [0.1, 0.15) is 11.1 Å². The summed E-state index contributed by atoms with van der Waals surface area (Å²) in [6, 6.07) is 18.4. The Hall–Kier alpha value is -4.01. The van der Waals surface area contributed by atoms with Crippen molar-refractivity contribution in [3.8, 4) is 5.69 Å². The lowest BCUT2D eigenvalue weighted by molar-refractivity contribution is 0.0742. The average molecular weight is 402 g/mol. The molecular weight excluding hydrogens is 384 g/mol. The van der Waals surface area contributed by atoms with Crippen LogP contribution in [0.1, 0.15) is 10.4 Å². The molecular formula is C21H18N6O3. The first-order valence-corrected chi connectivity index (χ1v) is 9.61. The molecule has 0 atom stereocenters. The summed E-state index contributed by atoms with van der Waals surface area (Å²) >= 11 is 0. The van der Waals surface area contributed by atoms with E-state index in [0.717, 1.165) is 11.1 Å². The van der Waals surface area contributed by atoms with Gasteiger partial charge in [0.25, 0.3) is 5.91 Å². The fourth-order valence-corrected chi connectivity index (χ4v) is 3.61. The number of para-hydroxylation sites is 2. The van der Waals surface area contributed by atoms with E-state index in [1.54, 1.807) is 27.8 Å². The van der Waals surface area contributed by atoms with Crippen molar-refractivity contribution in [1.82, 2.24) is 25.1 Å². The zero-order valence-electron chi connectivity index (χ0n) is 16.0. The van der Waals surface area contributed by atoms with Gasteiger partial charge in [0.05, 0.1) is 5.69 Å². The van der Waals surface area contributed by atoms with Crippen LogP contribution in [-0.2, 0) is 0 Å². The van der Waals surface area contributed by atoms with E-state index in [0.29, 0.717) is 37.7 Å². The summed E-state index contributed by atoms with van der Waals surface area (Å²) in [5, 5.41) is 12.8. The lowest BCUT2D eigenvalue weighted by atomic mass is 10.1. The number of anilines is 1. The second-order valence-corrected chi connectivity index (χ2v) is 6.99. The number of carbonyl (C=O) groups excluding carboxylic acids is 1. The van der Waals surface area contributed by atoms with Gasteiger partial charge in [0.2, 0.25) is 5.95 Å². The van der Waals surface area contributed by atoms with Crippen molar-refractivity contribution in [3.63, 3.8) is 0 Å². The fourth-order valence-electron chi connectivity index (χ4n) is 3.61. The highest BCUT2D eigenvalue weighted by molar-refractivity contribution is 5.96. The normalized spacial score (nSPS) is 14.3. The standard InChI is InChI=1S/C21H18N6O3/c28-19(17-14-15-6-4-5-9-18(15)30-20(17)29)25-10-12-26(13-11-25)21-22-23-24-27(21)16-7-2-1-3-8-16/h1-9,14H,10-13H2. The molecule has 2 aromatic carbocycles. The second-order valence-electron chi connectivity index (χ2n) is 6.99. The molecule has 0 N–H and O–H groups in total. The molecule has 2 aromatic heterocycles. The Kier molecular flexibility index (Phi) is 4.47. The summed E-state index contributed by atoms with van der Waals surface area (Å²) in [6.07, 6.45) is 0. The van der Waals surface area contributed by atoms with Gasteiger partial charge >= 0.3 is 5.63 Å². The maximum atomic E-state index is 12.9. The fraction of sp³-hybridized carbons (Fsp3) is 0.190. The number of hydrogen-bond donors (Lipinski definition) is 0. The molecule has 0 saturated carbocycles. The Morgan fingerprint density at radius 3 is 2.47 bits per heavy atom. The Labute approximate surface area is 171 Å². The van der Waals surface area contributed by atoms with Gasteiger partial charge in [-0.15, -0.1) is 0 Å². The molecule has 9 heteroatoms. The molecule has 0 spiro atoms. The van der Waals surface area contributed by atoms with Crippen LogP contribution in [0.2, 0.25) is 0 Å². The Balaban J connectivity index is 1.34. The molecule has 1 aliphatic rings. The minimum Gasteiger partial charge on any atom is -0.422 e. The third-order valence-corrected chi connectivity index (χ3v) is 5.18. The first-order valence-electron chi connectivity index (χ1n) is 9.61. The van der Waals surface area contributed by atoms with Crippen LogP contribution in [0.3, 0.4) is 0 Å². The molecule has 150 valence electrons. The highest BCUT2D eigenvalue weighted by Gasteiger charge is 2.27. The third-order valence-electron chi connectivity index (χ3n) is 5.18. The van der Waals surface area contributed by atoms with Crippen molar-refractivity contribution in [2.75, 3.05) is 31.1 Å². The first kappa shape index (κ1) is 18.0. The quantitative estimate of drug-likeness (QED) is 0.482. The van der Waals surface area contributed by atoms with Gasteiger partial charge in [0.15, 0.2) is 0 Å². The van der Waals surface area contributed by atoms with Gasteiger partial charge in [-0.25, -0.2) is 4.79 Å². The van der Waals surface area contributed by atoms with Crippen molar-refractivity contribution in [2.24, 2.45) is 0 Å². The number of amides is 1. The number of hydrogen-bond acceptors (Lipinski definition) is 7. The van der Waals surface area contributed by atoms with Crippen LogP contribution in [-0.4, -0.2) is 57.2 Å². The van der Waals surface area contributed by atoms with Crippen LogP contribution in [0.5, 0.6) is 0 Å². The van der Waals surface area contributed by atoms with E-state index in [9.17, 15) is 9.59 Å². The average Bonchev–Trinajstić information content (AvgIpc) is 3.29. The van der Waals surface area contributed by atoms with Crippen LogP contribution in [0.25, 0.3) is 16.7 Å². The lowest BCUT2D eigenvalue weighted by Gasteiger charge is -2.34. The molecule has 0 unspecified atom stereocenters. The van der Waals surface area contributed by atoms with Crippen LogP contribution in [0, 0.1) is 0 Å². The zero-order chi connectivity index (χ0) is 20.5. The third kappa shape index (κ3) is 3.20. The number of benzene rings is 2. The van der Waals surface area contributed by atoms with E-state index in [2.05, 4.69) is 15.5 Å². The van der Waals surface area contributed by atoms with E-state index in [1.807, 2.05) is 47.4 Å². The summed E-state index contributed by atoms with van der Waals surface area (Å²) < 4.78 is 6.98. The summed E-state index contributed by atoms with van der Waals surface area (Å²) in [5.74, 6) is 0.301. The van der Waals surface area contributed by atoms with Crippen LogP contribution >= 0.6 is 0 Å². The summed E-state index contributed by atoms with van der Waals surface area (Å²) in [6.45, 7) is 2.01. The maximum absolute atomic E-state index is 12.9. The molecule has 0 radical (unpaired) electrons. The molecule has 30 heavy (non-hydrogen) atoms. The predicted molar refractivity (Wildman–Crippen MR) is 110 cm³/mol. The Bertz CT molecular complexity index is 1260. The van der Waals surface area contributed by atoms with Gasteiger partial charge in [-0.1, -0.05) is 41.5 Å². The second kappa shape index (κ2) is 7.43. The predicted octanol–water partition coefficient (Wildman–Crippen LogP) is 1.73. The topological polar surface area (TPSA) is 97.4 Å². The Morgan fingerprint density at radius 2 is 1.67 bits per heavy atom. The van der Waals surface area contributed by atoms with Gasteiger partial charge < -0.3 is 14.2 Å². The minimum atomic E-state index is -0.617. The van der Waals surface area contributed by atoms with Crippen molar-refractivity contribution in [1.29, 1.82) is 0 Å². The number of aromatic nitrogens is 4. The summed E-state index contributed by atoms with van der Waals surface area (Å²) in [7, 11) is 0. The molecule has 9 nitrogen and oxygen atoms in total. The Morgan fingerprint density at radius 1 is 0.933 bits per heavy atom. The van der Waals surface area contributed by atoms with Crippen LogP contribution in [0.15, 0.2) is 69.9 Å². The van der Waals surface area contributed by atoms with Gasteiger partial charge in [0, 0.05) is 31.6 Å². The van der Waals surface area contributed by atoms with Crippen LogP contribution < -0.4 is 10.5 Å². The maximum Gasteiger partial charge on any atom is 0.349 e. The number of nitrogens with zero attached hydrogens (tertiary/aromatic N) is 6. The molecule has 0 aliphatic carbocycles. The van der Waals surface area contributed by atoms with E-state index < -0.39 is 5.63 Å². The number of fused-ring (bicyclic) bond motifs is 1. The molecule has 1 saturated heterocycles. The number of rotatable bonds is 3. The van der Waals surface area contributed by atoms with Crippen molar-refractivity contribution in [3.05, 3.63) is 76.6 Å². The number of tetrazole rings is 1. The lowest BCUT2D eigenvalue weighted by Crippen LogP contribution is -2.50. The molecule has 1 amide bonds. The molecule has 1 fully saturated rings. The smallest absolute Gasteiger partial charge is 0.349 e. The monoisotopic (exact) mass is 402 g/mol. The first-order chi connectivity index (χ1) is 14.7. The zero-order valence-corrected chi connectivity index (χ0v) is 16.0. The number of carbonyl (C=O) groups is 1. The van der Waals surface area contributed by atoms with Gasteiger partial charge in [-0.3, -0.25) is 4.79 Å². The van der Waals surface area contributed by atoms with E-state index in [4.69, 9.17) is 4.42 Å². The molecule has 4 aromatic rings. The largest absolute Gasteiger partial charge is 0.422 e. The van der Waals surface area contributed by atoms with E-state index in [-0.39, 0.29) is 11.5 Å². The van der Waals surface area contributed by atoms with Crippen molar-refractivity contribution in [2.45, 2.75) is 0 Å². The number of piperazine rings is 1. The molecule has 3 heterocycles. The molecule has 0 bridgehead atoms. The molecule has 1 aliphatic heterocycles. The summed E-state index contributed by atoms with van der Waals surface area (Å²) in [4.78, 5) is 29.0. The van der Waals surface area contributed by atoms with Gasteiger partial charge in [-0.05, 0) is 34.7 Å². The summed E-state index contributed by atoms with van der Waals surface area (Å²) in [5.41, 5.74) is 0.770. The van der Waals surface area contributed by atoms with Crippen LogP contribution in [0.4, 0.5) is 5.95 Å². The van der Waals surface area contributed by atoms with Crippen molar-refractivity contribution >= 4 is 22.8 Å². The van der Waals surface area contributed by atoms with Crippen molar-refractivity contribution < 1.29 is 9.21 Å².